The second kappa shape index (κ2) is 5.06. The summed E-state index contributed by atoms with van der Waals surface area (Å²) in [6.07, 6.45) is 2.64. The predicted molar refractivity (Wildman–Crippen MR) is 69.4 cm³/mol. The summed E-state index contributed by atoms with van der Waals surface area (Å²) in [5.41, 5.74) is 1.10. The molecule has 1 aliphatic rings. The molecular formula is C14H13NO4. The first-order chi connectivity index (χ1) is 8.99. The first kappa shape index (κ1) is 13.0. The summed E-state index contributed by atoms with van der Waals surface area (Å²) in [4.78, 5) is 35.3. The third-order valence-corrected chi connectivity index (χ3v) is 2.92. The number of carboxylic acids is 1. The largest absolute Gasteiger partial charge is 0.478 e. The lowest BCUT2D eigenvalue weighted by Crippen LogP contribution is -2.29. The lowest BCUT2D eigenvalue weighted by molar-refractivity contribution is -0.131. The van der Waals surface area contributed by atoms with Gasteiger partial charge in [-0.2, -0.15) is 0 Å². The van der Waals surface area contributed by atoms with E-state index in [2.05, 4.69) is 0 Å². The van der Waals surface area contributed by atoms with Gasteiger partial charge in [0.05, 0.1) is 5.69 Å². The second-order valence-corrected chi connectivity index (χ2v) is 4.44. The zero-order valence-electron chi connectivity index (χ0n) is 10.4. The van der Waals surface area contributed by atoms with E-state index < -0.39 is 5.97 Å². The Kier molecular flexibility index (Phi) is 3.46. The molecule has 1 aromatic rings. The van der Waals surface area contributed by atoms with Gasteiger partial charge in [-0.05, 0) is 23.8 Å². The van der Waals surface area contributed by atoms with Gasteiger partial charge in [0.15, 0.2) is 0 Å². The highest BCUT2D eigenvalue weighted by Gasteiger charge is 2.36. The van der Waals surface area contributed by atoms with Crippen molar-refractivity contribution in [3.8, 4) is 0 Å². The monoisotopic (exact) mass is 259 g/mol. The predicted octanol–water partition coefficient (Wildman–Crippen LogP) is 1.68. The molecule has 5 heteroatoms. The normalized spacial score (nSPS) is 19.4. The Balaban J connectivity index is 2.31. The third-order valence-electron chi connectivity index (χ3n) is 2.92. The van der Waals surface area contributed by atoms with Gasteiger partial charge in [-0.3, -0.25) is 14.5 Å². The first-order valence-corrected chi connectivity index (χ1v) is 5.87. The highest BCUT2D eigenvalue weighted by atomic mass is 16.4. The second-order valence-electron chi connectivity index (χ2n) is 4.44. The topological polar surface area (TPSA) is 74.7 Å². The maximum atomic E-state index is 11.9. The minimum absolute atomic E-state index is 0.216. The number of aliphatic carboxylic acids is 1. The van der Waals surface area contributed by atoms with Gasteiger partial charge in [0, 0.05) is 18.4 Å². The molecular weight excluding hydrogens is 246 g/mol. The Labute approximate surface area is 110 Å². The summed E-state index contributed by atoms with van der Waals surface area (Å²) in [6, 6.07) is 6.66. The van der Waals surface area contributed by atoms with E-state index >= 15 is 0 Å². The van der Waals surface area contributed by atoms with Crippen LogP contribution in [0.2, 0.25) is 0 Å². The van der Waals surface area contributed by atoms with E-state index in [4.69, 9.17) is 5.11 Å². The number of rotatable bonds is 3. The molecule has 98 valence electrons. The molecule has 1 aromatic carbocycles. The smallest absolute Gasteiger partial charge is 0.328 e. The van der Waals surface area contributed by atoms with Crippen LogP contribution in [0.1, 0.15) is 18.9 Å². The molecule has 19 heavy (non-hydrogen) atoms. The molecule has 1 saturated heterocycles. The molecule has 1 heterocycles. The van der Waals surface area contributed by atoms with Gasteiger partial charge >= 0.3 is 5.97 Å². The van der Waals surface area contributed by atoms with Crippen molar-refractivity contribution in [1.82, 2.24) is 0 Å². The maximum Gasteiger partial charge on any atom is 0.328 e. The Morgan fingerprint density at radius 3 is 2.74 bits per heavy atom. The van der Waals surface area contributed by atoms with E-state index in [0.29, 0.717) is 11.3 Å². The van der Waals surface area contributed by atoms with Crippen LogP contribution in [-0.2, 0) is 14.4 Å². The number of nitrogens with zero attached hydrogens (tertiary/aromatic N) is 1. The average Bonchev–Trinajstić information content (AvgIpc) is 2.61. The Bertz CT molecular complexity index is 577. The molecule has 2 amide bonds. The number of carbonyl (C=O) groups excluding carboxylic acids is 2. The van der Waals surface area contributed by atoms with Gasteiger partial charge in [0.25, 0.3) is 0 Å². The number of benzene rings is 1. The van der Waals surface area contributed by atoms with Gasteiger partial charge in [-0.1, -0.05) is 19.1 Å². The van der Waals surface area contributed by atoms with Crippen LogP contribution >= 0.6 is 0 Å². The van der Waals surface area contributed by atoms with Crippen molar-refractivity contribution in [2.45, 2.75) is 13.3 Å². The summed E-state index contributed by atoms with van der Waals surface area (Å²) >= 11 is 0. The molecule has 0 spiro atoms. The Morgan fingerprint density at radius 2 is 2.16 bits per heavy atom. The van der Waals surface area contributed by atoms with Crippen molar-refractivity contribution in [1.29, 1.82) is 0 Å². The van der Waals surface area contributed by atoms with Gasteiger partial charge in [0.1, 0.15) is 0 Å². The van der Waals surface area contributed by atoms with Crippen molar-refractivity contribution in [3.63, 3.8) is 0 Å². The highest BCUT2D eigenvalue weighted by molar-refractivity contribution is 6.20. The Hall–Kier alpha value is -2.43. The maximum absolute atomic E-state index is 11.9. The van der Waals surface area contributed by atoms with Gasteiger partial charge in [0.2, 0.25) is 11.8 Å². The molecule has 1 N–H and O–H groups in total. The van der Waals surface area contributed by atoms with E-state index in [9.17, 15) is 14.4 Å². The molecule has 0 aliphatic carbocycles. The number of hydrogen-bond acceptors (Lipinski definition) is 3. The molecule has 1 atom stereocenters. The summed E-state index contributed by atoms with van der Waals surface area (Å²) in [5.74, 6) is -1.79. The van der Waals surface area contributed by atoms with E-state index in [0.717, 1.165) is 11.0 Å². The van der Waals surface area contributed by atoms with Crippen LogP contribution in [0.4, 0.5) is 5.69 Å². The fourth-order valence-electron chi connectivity index (χ4n) is 1.99. The molecule has 1 aliphatic heterocycles. The quantitative estimate of drug-likeness (QED) is 0.662. The van der Waals surface area contributed by atoms with E-state index in [1.165, 1.54) is 6.08 Å². The molecule has 2 rings (SSSR count). The van der Waals surface area contributed by atoms with Crippen LogP contribution in [0.15, 0.2) is 30.3 Å². The van der Waals surface area contributed by atoms with Crippen molar-refractivity contribution in [2.24, 2.45) is 5.92 Å². The number of carbonyl (C=O) groups is 3. The number of anilines is 1. The minimum atomic E-state index is -1.05. The van der Waals surface area contributed by atoms with E-state index in [1.807, 2.05) is 0 Å². The number of amides is 2. The SMILES string of the molecule is CC1CC(=O)N(c2cccc(/C=C/C(=O)O)c2)C1=O. The molecule has 0 saturated carbocycles. The van der Waals surface area contributed by atoms with E-state index in [-0.39, 0.29) is 24.2 Å². The van der Waals surface area contributed by atoms with Crippen LogP contribution in [0.25, 0.3) is 6.08 Å². The third kappa shape index (κ3) is 2.70. The van der Waals surface area contributed by atoms with E-state index in [1.54, 1.807) is 31.2 Å². The van der Waals surface area contributed by atoms with Crippen LogP contribution < -0.4 is 4.90 Å². The fourth-order valence-corrected chi connectivity index (χ4v) is 1.99. The van der Waals surface area contributed by atoms with Crippen molar-refractivity contribution in [2.75, 3.05) is 4.90 Å². The lowest BCUT2D eigenvalue weighted by atomic mass is 10.1. The zero-order valence-corrected chi connectivity index (χ0v) is 10.4. The van der Waals surface area contributed by atoms with Gasteiger partial charge < -0.3 is 5.11 Å². The summed E-state index contributed by atoms with van der Waals surface area (Å²) in [7, 11) is 0. The van der Waals surface area contributed by atoms with Crippen LogP contribution in [0, 0.1) is 5.92 Å². The standard InChI is InChI=1S/C14H13NO4/c1-9-7-12(16)15(14(9)19)11-4-2-3-10(8-11)5-6-13(17)18/h2-6,8-9H,7H2,1H3,(H,17,18)/b6-5+. The first-order valence-electron chi connectivity index (χ1n) is 5.87. The van der Waals surface area contributed by atoms with Gasteiger partial charge in [-0.25, -0.2) is 4.79 Å². The molecule has 1 unspecified atom stereocenters. The summed E-state index contributed by atoms with van der Waals surface area (Å²) in [5, 5.41) is 8.57. The average molecular weight is 259 g/mol. The Morgan fingerprint density at radius 1 is 1.42 bits per heavy atom. The van der Waals surface area contributed by atoms with Crippen molar-refractivity contribution in [3.05, 3.63) is 35.9 Å². The zero-order chi connectivity index (χ0) is 14.0. The molecule has 0 bridgehead atoms. The highest BCUT2D eigenvalue weighted by Crippen LogP contribution is 2.26. The molecule has 5 nitrogen and oxygen atoms in total. The molecule has 1 fully saturated rings. The van der Waals surface area contributed by atoms with Crippen molar-refractivity contribution >= 4 is 29.5 Å². The summed E-state index contributed by atoms with van der Waals surface area (Å²) in [6.45, 7) is 1.72. The van der Waals surface area contributed by atoms with Crippen LogP contribution in [0.5, 0.6) is 0 Å². The minimum Gasteiger partial charge on any atom is -0.478 e. The lowest BCUT2D eigenvalue weighted by Gasteiger charge is -2.14. The number of imide groups is 1. The summed E-state index contributed by atoms with van der Waals surface area (Å²) < 4.78 is 0. The number of hydrogen-bond donors (Lipinski definition) is 1. The van der Waals surface area contributed by atoms with Crippen molar-refractivity contribution < 1.29 is 19.5 Å². The fraction of sp³-hybridized carbons (Fsp3) is 0.214. The van der Waals surface area contributed by atoms with Crippen LogP contribution in [-0.4, -0.2) is 22.9 Å². The van der Waals surface area contributed by atoms with Crippen LogP contribution in [0.3, 0.4) is 0 Å². The van der Waals surface area contributed by atoms with Gasteiger partial charge in [-0.15, -0.1) is 0 Å². The molecule has 0 aromatic heterocycles. The molecule has 0 radical (unpaired) electrons. The number of carboxylic acid groups (broad SMARTS) is 1.